The molecule has 0 saturated carbocycles. The van der Waals surface area contributed by atoms with Gasteiger partial charge < -0.3 is 4.90 Å². The molecule has 1 aromatic rings. The van der Waals surface area contributed by atoms with E-state index in [9.17, 15) is 13.2 Å². The molecule has 2 rings (SSSR count). The summed E-state index contributed by atoms with van der Waals surface area (Å²) in [6, 6.07) is 3.04. The highest BCUT2D eigenvalue weighted by Gasteiger charge is 2.22. The van der Waals surface area contributed by atoms with Crippen molar-refractivity contribution in [2.75, 3.05) is 13.1 Å². The van der Waals surface area contributed by atoms with Gasteiger partial charge in [-0.1, -0.05) is 28.8 Å². The second-order valence-electron chi connectivity index (χ2n) is 5.33. The van der Waals surface area contributed by atoms with Crippen molar-refractivity contribution < 1.29 is 13.2 Å². The highest BCUT2D eigenvalue weighted by atomic mass is 79.9. The van der Waals surface area contributed by atoms with Crippen molar-refractivity contribution in [3.05, 3.63) is 27.7 Å². The Hall–Kier alpha value is -0.920. The second kappa shape index (κ2) is 6.46. The van der Waals surface area contributed by atoms with E-state index in [0.29, 0.717) is 15.6 Å². The largest absolute Gasteiger partial charge is 0.339 e. The van der Waals surface area contributed by atoms with Crippen molar-refractivity contribution in [1.29, 1.82) is 0 Å². The molecule has 0 atom stereocenters. The number of rotatable bonds is 2. The van der Waals surface area contributed by atoms with Gasteiger partial charge in [0.05, 0.1) is 4.90 Å². The summed E-state index contributed by atoms with van der Waals surface area (Å²) in [7, 11) is -3.85. The maximum Gasteiger partial charge on any atom is 0.253 e. The van der Waals surface area contributed by atoms with Crippen molar-refractivity contribution in [3.8, 4) is 0 Å². The molecule has 0 radical (unpaired) electrons. The van der Waals surface area contributed by atoms with Gasteiger partial charge in [-0.25, -0.2) is 13.6 Å². The Morgan fingerprint density at radius 1 is 1.19 bits per heavy atom. The minimum Gasteiger partial charge on any atom is -0.339 e. The SMILES string of the molecule is Cc1c(Br)cc(C(=O)N2CCCCCC2)cc1S(N)(=O)=O. The number of amides is 1. The van der Waals surface area contributed by atoms with Gasteiger partial charge >= 0.3 is 0 Å². The van der Waals surface area contributed by atoms with Gasteiger partial charge in [0.1, 0.15) is 0 Å². The molecule has 1 fully saturated rings. The van der Waals surface area contributed by atoms with Crippen LogP contribution in [0, 0.1) is 6.92 Å². The van der Waals surface area contributed by atoms with E-state index in [1.54, 1.807) is 17.9 Å². The van der Waals surface area contributed by atoms with Crippen LogP contribution in [0.3, 0.4) is 0 Å². The minimum absolute atomic E-state index is 0.00459. The van der Waals surface area contributed by atoms with Crippen molar-refractivity contribution in [2.45, 2.75) is 37.5 Å². The van der Waals surface area contributed by atoms with Crippen LogP contribution in [-0.2, 0) is 10.0 Å². The van der Waals surface area contributed by atoms with Crippen LogP contribution >= 0.6 is 15.9 Å². The van der Waals surface area contributed by atoms with E-state index >= 15 is 0 Å². The van der Waals surface area contributed by atoms with E-state index in [1.165, 1.54) is 6.07 Å². The molecule has 2 N–H and O–H groups in total. The van der Waals surface area contributed by atoms with Gasteiger partial charge in [0.2, 0.25) is 10.0 Å². The van der Waals surface area contributed by atoms with Gasteiger partial charge in [-0.2, -0.15) is 0 Å². The number of nitrogens with two attached hydrogens (primary N) is 1. The normalized spacial score (nSPS) is 16.6. The van der Waals surface area contributed by atoms with Gasteiger partial charge in [0.15, 0.2) is 0 Å². The summed E-state index contributed by atoms with van der Waals surface area (Å²) in [6.45, 7) is 3.09. The number of carbonyl (C=O) groups excluding carboxylic acids is 1. The van der Waals surface area contributed by atoms with Crippen LogP contribution in [0.15, 0.2) is 21.5 Å². The summed E-state index contributed by atoms with van der Waals surface area (Å²) < 4.78 is 23.9. The molecule has 1 aliphatic rings. The number of benzene rings is 1. The van der Waals surface area contributed by atoms with E-state index in [4.69, 9.17) is 5.14 Å². The maximum atomic E-state index is 12.6. The summed E-state index contributed by atoms with van der Waals surface area (Å²) in [6.07, 6.45) is 4.23. The molecular formula is C14H19BrN2O3S. The van der Waals surface area contributed by atoms with Gasteiger partial charge in [-0.15, -0.1) is 0 Å². The molecule has 1 heterocycles. The molecule has 0 unspecified atom stereocenters. The predicted molar refractivity (Wildman–Crippen MR) is 84.6 cm³/mol. The van der Waals surface area contributed by atoms with E-state index in [-0.39, 0.29) is 10.8 Å². The van der Waals surface area contributed by atoms with E-state index in [2.05, 4.69) is 15.9 Å². The molecule has 0 aromatic heterocycles. The second-order valence-corrected chi connectivity index (χ2v) is 7.72. The molecule has 1 amide bonds. The van der Waals surface area contributed by atoms with Crippen LogP contribution in [-0.4, -0.2) is 32.3 Å². The number of nitrogens with zero attached hydrogens (tertiary/aromatic N) is 1. The zero-order chi connectivity index (χ0) is 15.6. The van der Waals surface area contributed by atoms with E-state index in [1.807, 2.05) is 0 Å². The number of halogens is 1. The third-order valence-corrected chi connectivity index (χ3v) is 5.60. The molecule has 7 heteroatoms. The first-order valence-electron chi connectivity index (χ1n) is 6.93. The number of hydrogen-bond acceptors (Lipinski definition) is 3. The monoisotopic (exact) mass is 374 g/mol. The molecular weight excluding hydrogens is 356 g/mol. The van der Waals surface area contributed by atoms with Crippen LogP contribution in [0.4, 0.5) is 0 Å². The summed E-state index contributed by atoms with van der Waals surface area (Å²) in [5, 5.41) is 5.23. The number of hydrogen-bond donors (Lipinski definition) is 1. The Morgan fingerprint density at radius 2 is 1.76 bits per heavy atom. The van der Waals surface area contributed by atoms with Crippen molar-refractivity contribution in [3.63, 3.8) is 0 Å². The summed E-state index contributed by atoms with van der Waals surface area (Å²) in [5.74, 6) is -0.137. The first-order valence-corrected chi connectivity index (χ1v) is 9.27. The van der Waals surface area contributed by atoms with Gasteiger partial charge in [0.25, 0.3) is 5.91 Å². The highest BCUT2D eigenvalue weighted by Crippen LogP contribution is 2.26. The predicted octanol–water partition coefficient (Wildman–Crippen LogP) is 2.42. The Morgan fingerprint density at radius 3 is 2.29 bits per heavy atom. The van der Waals surface area contributed by atoms with Crippen molar-refractivity contribution in [2.24, 2.45) is 5.14 Å². The topological polar surface area (TPSA) is 80.5 Å². The molecule has 1 saturated heterocycles. The molecule has 1 aromatic carbocycles. The van der Waals surface area contributed by atoms with Crippen LogP contribution in [0.25, 0.3) is 0 Å². The zero-order valence-electron chi connectivity index (χ0n) is 11.9. The zero-order valence-corrected chi connectivity index (χ0v) is 14.3. The Kier molecular flexibility index (Phi) is 5.06. The Balaban J connectivity index is 2.39. The van der Waals surface area contributed by atoms with Gasteiger partial charge in [0, 0.05) is 23.1 Å². The van der Waals surface area contributed by atoms with E-state index < -0.39 is 10.0 Å². The summed E-state index contributed by atoms with van der Waals surface area (Å²) in [5.41, 5.74) is 0.878. The van der Waals surface area contributed by atoms with Crippen molar-refractivity contribution >= 4 is 31.9 Å². The van der Waals surface area contributed by atoms with Gasteiger partial charge in [-0.05, 0) is 37.5 Å². The molecule has 1 aliphatic heterocycles. The number of likely N-dealkylation sites (tertiary alicyclic amines) is 1. The molecule has 116 valence electrons. The lowest BCUT2D eigenvalue weighted by Crippen LogP contribution is -2.32. The lowest BCUT2D eigenvalue weighted by atomic mass is 10.1. The van der Waals surface area contributed by atoms with Crippen LogP contribution in [0.1, 0.15) is 41.6 Å². The highest BCUT2D eigenvalue weighted by molar-refractivity contribution is 9.10. The van der Waals surface area contributed by atoms with Crippen molar-refractivity contribution in [1.82, 2.24) is 4.90 Å². The van der Waals surface area contributed by atoms with Crippen LogP contribution in [0.2, 0.25) is 0 Å². The van der Waals surface area contributed by atoms with E-state index in [0.717, 1.165) is 38.8 Å². The summed E-state index contributed by atoms with van der Waals surface area (Å²) >= 11 is 3.31. The lowest BCUT2D eigenvalue weighted by Gasteiger charge is -2.21. The fraction of sp³-hybridized carbons (Fsp3) is 0.500. The smallest absolute Gasteiger partial charge is 0.253 e. The fourth-order valence-corrected chi connectivity index (χ4v) is 3.95. The van der Waals surface area contributed by atoms with Gasteiger partial charge in [-0.3, -0.25) is 4.79 Å². The average molecular weight is 375 g/mol. The van der Waals surface area contributed by atoms with Crippen LogP contribution in [0.5, 0.6) is 0 Å². The fourth-order valence-electron chi connectivity index (χ4n) is 2.53. The Bertz CT molecular complexity index is 650. The standard InChI is InChI=1S/C14H19BrN2O3S/c1-10-12(15)8-11(9-13(10)21(16,19)20)14(18)17-6-4-2-3-5-7-17/h8-9H,2-7H2,1H3,(H2,16,19,20). The number of sulfonamides is 1. The summed E-state index contributed by atoms with van der Waals surface area (Å²) in [4.78, 5) is 14.3. The number of carbonyl (C=O) groups is 1. The van der Waals surface area contributed by atoms with Crippen LogP contribution < -0.4 is 5.14 Å². The third-order valence-electron chi connectivity index (χ3n) is 3.74. The molecule has 5 nitrogen and oxygen atoms in total. The number of primary sulfonamides is 1. The molecule has 21 heavy (non-hydrogen) atoms. The molecule has 0 aliphatic carbocycles. The lowest BCUT2D eigenvalue weighted by molar-refractivity contribution is 0.0761. The first-order chi connectivity index (χ1) is 9.80. The minimum atomic E-state index is -3.85. The molecule has 0 spiro atoms. The molecule has 0 bridgehead atoms. The quantitative estimate of drug-likeness (QED) is 0.862. The Labute approximate surface area is 133 Å². The third kappa shape index (κ3) is 3.84. The maximum absolute atomic E-state index is 12.6. The first kappa shape index (κ1) is 16.5. The average Bonchev–Trinajstić information content (AvgIpc) is 2.68.